The number of carbonyl (C=O) groups excluding carboxylic acids is 1. The summed E-state index contributed by atoms with van der Waals surface area (Å²) in [4.78, 5) is 29.4. The molecule has 1 heterocycles. The largest absolute Gasteiger partial charge is 0.481 e. The second-order valence-corrected chi connectivity index (χ2v) is 8.68. The van der Waals surface area contributed by atoms with Gasteiger partial charge in [-0.1, -0.05) is 45.7 Å². The van der Waals surface area contributed by atoms with E-state index in [-0.39, 0.29) is 18.1 Å². The van der Waals surface area contributed by atoms with Gasteiger partial charge in [0.1, 0.15) is 11.6 Å². The molecule has 0 aliphatic heterocycles. The second kappa shape index (κ2) is 10.2. The molecule has 0 N–H and O–H groups in total. The van der Waals surface area contributed by atoms with Gasteiger partial charge in [-0.2, -0.15) is 9.78 Å². The first-order valence-electron chi connectivity index (χ1n) is 9.59. The monoisotopic (exact) mass is 549 g/mol. The Labute approximate surface area is 196 Å². The average Bonchev–Trinajstić information content (AvgIpc) is 2.77. The van der Waals surface area contributed by atoms with E-state index in [9.17, 15) is 9.59 Å². The zero-order valence-corrected chi connectivity index (χ0v) is 20.4. The Morgan fingerprint density at radius 1 is 1.23 bits per heavy atom. The Bertz CT molecular complexity index is 1210. The molecule has 3 aromatic rings. The van der Waals surface area contributed by atoms with E-state index in [0.29, 0.717) is 28.0 Å². The van der Waals surface area contributed by atoms with E-state index in [1.165, 1.54) is 18.0 Å². The van der Waals surface area contributed by atoms with Crippen LogP contribution in [0.1, 0.15) is 37.6 Å². The number of hydrogen-bond acceptors (Lipinski definition) is 6. The zero-order valence-electron chi connectivity index (χ0n) is 17.3. The molecular weight excluding hydrogens is 530 g/mol. The van der Waals surface area contributed by atoms with Crippen molar-refractivity contribution in [2.75, 3.05) is 13.7 Å². The Balaban J connectivity index is 2.10. The number of rotatable bonds is 7. The molecule has 31 heavy (non-hydrogen) atoms. The van der Waals surface area contributed by atoms with Gasteiger partial charge in [0, 0.05) is 20.4 Å². The van der Waals surface area contributed by atoms with Crippen molar-refractivity contribution in [3.8, 4) is 5.75 Å². The number of aromatic nitrogens is 2. The first kappa shape index (κ1) is 23.1. The molecule has 0 amide bonds. The van der Waals surface area contributed by atoms with Gasteiger partial charge in [-0.3, -0.25) is 4.79 Å². The minimum Gasteiger partial charge on any atom is -0.481 e. The number of halogens is 2. The van der Waals surface area contributed by atoms with Gasteiger partial charge in [-0.05, 0) is 42.8 Å². The molecule has 0 bridgehead atoms. The predicted octanol–water partition coefficient (Wildman–Crippen LogP) is 4.87. The van der Waals surface area contributed by atoms with Crippen molar-refractivity contribution in [3.63, 3.8) is 0 Å². The van der Waals surface area contributed by atoms with Gasteiger partial charge in [0.2, 0.25) is 0 Å². The normalized spacial score (nSPS) is 12.3. The molecule has 1 aromatic heterocycles. The first-order chi connectivity index (χ1) is 14.8. The van der Waals surface area contributed by atoms with Crippen LogP contribution >= 0.6 is 31.9 Å². The number of fused-ring (bicyclic) bond motifs is 1. The minimum absolute atomic E-state index is 0.0236. The number of hydrogen-bond donors (Lipinski definition) is 0. The highest BCUT2D eigenvalue weighted by molar-refractivity contribution is 9.10. The van der Waals surface area contributed by atoms with Gasteiger partial charge < -0.3 is 9.47 Å². The highest BCUT2D eigenvalue weighted by atomic mass is 79.9. The number of nitrogens with zero attached hydrogens (tertiary/aromatic N) is 3. The van der Waals surface area contributed by atoms with Crippen molar-refractivity contribution in [2.45, 2.75) is 26.2 Å². The second-order valence-electron chi connectivity index (χ2n) is 6.85. The highest BCUT2D eigenvalue weighted by Gasteiger charge is 2.16. The molecule has 3 rings (SSSR count). The Morgan fingerprint density at radius 2 is 1.94 bits per heavy atom. The molecule has 2 aromatic carbocycles. The van der Waals surface area contributed by atoms with E-state index < -0.39 is 5.97 Å². The zero-order chi connectivity index (χ0) is 22.5. The van der Waals surface area contributed by atoms with Crippen molar-refractivity contribution in [1.82, 2.24) is 9.66 Å². The lowest BCUT2D eigenvalue weighted by Gasteiger charge is -2.14. The summed E-state index contributed by atoms with van der Waals surface area (Å²) in [5.74, 6) is 0.540. The minimum atomic E-state index is -0.495. The van der Waals surface area contributed by atoms with Gasteiger partial charge in [0.25, 0.3) is 5.56 Å². The molecule has 1 atom stereocenters. The molecule has 0 saturated heterocycles. The smallest absolute Gasteiger partial charge is 0.343 e. The van der Waals surface area contributed by atoms with E-state index in [2.05, 4.69) is 41.7 Å². The van der Waals surface area contributed by atoms with E-state index in [0.717, 1.165) is 15.4 Å². The first-order valence-corrected chi connectivity index (χ1v) is 11.2. The molecule has 162 valence electrons. The lowest BCUT2D eigenvalue weighted by molar-refractivity contribution is -0.142. The van der Waals surface area contributed by atoms with Crippen molar-refractivity contribution >= 4 is 54.9 Å². The van der Waals surface area contributed by atoms with Gasteiger partial charge in [-0.15, -0.1) is 0 Å². The summed E-state index contributed by atoms with van der Waals surface area (Å²) in [6.45, 7) is 3.80. The fraction of sp³-hybridized carbons (Fsp3) is 0.273. The molecule has 0 radical (unpaired) electrons. The number of esters is 1. The van der Waals surface area contributed by atoms with Crippen LogP contribution in [0.5, 0.6) is 5.75 Å². The van der Waals surface area contributed by atoms with Gasteiger partial charge in [-0.25, -0.2) is 9.78 Å². The third-order valence-electron chi connectivity index (χ3n) is 4.74. The molecule has 0 saturated carbocycles. The van der Waals surface area contributed by atoms with Crippen molar-refractivity contribution in [3.05, 3.63) is 67.1 Å². The van der Waals surface area contributed by atoms with E-state index in [1.54, 1.807) is 24.3 Å². The van der Waals surface area contributed by atoms with Crippen LogP contribution in [-0.4, -0.2) is 35.6 Å². The molecule has 0 fully saturated rings. The summed E-state index contributed by atoms with van der Waals surface area (Å²) in [6.07, 6.45) is 2.32. The summed E-state index contributed by atoms with van der Waals surface area (Å²) in [5, 5.41) is 4.93. The average molecular weight is 551 g/mol. The maximum atomic E-state index is 13.2. The van der Waals surface area contributed by atoms with E-state index in [4.69, 9.17) is 9.72 Å². The fourth-order valence-corrected chi connectivity index (χ4v) is 3.59. The fourth-order valence-electron chi connectivity index (χ4n) is 2.85. The van der Waals surface area contributed by atoms with Crippen LogP contribution in [0, 0.1) is 0 Å². The van der Waals surface area contributed by atoms with E-state index >= 15 is 0 Å². The third-order valence-corrected chi connectivity index (χ3v) is 5.73. The predicted molar refractivity (Wildman–Crippen MR) is 127 cm³/mol. The number of methoxy groups -OCH3 is 1. The topological polar surface area (TPSA) is 82.8 Å². The number of ether oxygens (including phenoxy) is 2. The van der Waals surface area contributed by atoms with Gasteiger partial charge in [0.15, 0.2) is 6.61 Å². The quantitative estimate of drug-likeness (QED) is 0.309. The van der Waals surface area contributed by atoms with Crippen molar-refractivity contribution in [1.29, 1.82) is 0 Å². The standard InChI is InChI=1S/C22H21Br2N3O4/c1-4-13(2)21-26-18-7-5-16(24)10-17(18)22(29)27(21)25-11-14-9-15(23)6-8-19(14)31-12-20(28)30-3/h5-11,13H,4,12H2,1-3H3/t13-/m0/s1. The number of carbonyl (C=O) groups is 1. The van der Waals surface area contributed by atoms with Crippen molar-refractivity contribution < 1.29 is 14.3 Å². The molecule has 7 nitrogen and oxygen atoms in total. The highest BCUT2D eigenvalue weighted by Crippen LogP contribution is 2.23. The molecule has 0 aliphatic rings. The van der Waals surface area contributed by atoms with Crippen LogP contribution < -0.4 is 10.3 Å². The molecule has 0 unspecified atom stereocenters. The SMILES string of the molecule is CC[C@H](C)c1nc2ccc(Br)cc2c(=O)n1N=Cc1cc(Br)ccc1OCC(=O)OC. The molecule has 0 spiro atoms. The summed E-state index contributed by atoms with van der Waals surface area (Å²) in [6, 6.07) is 10.7. The summed E-state index contributed by atoms with van der Waals surface area (Å²) < 4.78 is 13.1. The Morgan fingerprint density at radius 3 is 2.65 bits per heavy atom. The van der Waals surface area contributed by atoms with Crippen LogP contribution in [0.3, 0.4) is 0 Å². The molecule has 0 aliphatic carbocycles. The van der Waals surface area contributed by atoms with Crippen LogP contribution in [0.15, 0.2) is 55.2 Å². The maximum Gasteiger partial charge on any atom is 0.343 e. The summed E-state index contributed by atoms with van der Waals surface area (Å²) in [7, 11) is 1.30. The Kier molecular flexibility index (Phi) is 7.61. The van der Waals surface area contributed by atoms with Crippen LogP contribution in [-0.2, 0) is 9.53 Å². The summed E-state index contributed by atoms with van der Waals surface area (Å²) in [5.41, 5.74) is 0.957. The molecular formula is C22H21Br2N3O4. The van der Waals surface area contributed by atoms with Crippen LogP contribution in [0.2, 0.25) is 0 Å². The lowest BCUT2D eigenvalue weighted by Crippen LogP contribution is -2.23. The van der Waals surface area contributed by atoms with E-state index in [1.807, 2.05) is 26.0 Å². The lowest BCUT2D eigenvalue weighted by atomic mass is 10.1. The molecule has 9 heteroatoms. The Hall–Kier alpha value is -2.52. The number of benzene rings is 2. The van der Waals surface area contributed by atoms with Gasteiger partial charge in [0.05, 0.1) is 24.2 Å². The van der Waals surface area contributed by atoms with Crippen LogP contribution in [0.25, 0.3) is 10.9 Å². The van der Waals surface area contributed by atoms with Gasteiger partial charge >= 0.3 is 5.97 Å². The maximum absolute atomic E-state index is 13.2. The third kappa shape index (κ3) is 5.40. The summed E-state index contributed by atoms with van der Waals surface area (Å²) >= 11 is 6.83. The van der Waals surface area contributed by atoms with Crippen molar-refractivity contribution in [2.24, 2.45) is 5.10 Å². The van der Waals surface area contributed by atoms with Crippen LogP contribution in [0.4, 0.5) is 0 Å².